The van der Waals surface area contributed by atoms with E-state index < -0.39 is 0 Å². The molecule has 116 valence electrons. The van der Waals surface area contributed by atoms with Crippen LogP contribution in [-0.2, 0) is 0 Å². The van der Waals surface area contributed by atoms with Crippen LogP contribution in [0.15, 0.2) is 41.0 Å². The number of benzene rings is 1. The molecule has 0 aliphatic carbocycles. The lowest BCUT2D eigenvalue weighted by Crippen LogP contribution is -2.44. The molecular weight excluding hydrogens is 280 g/mol. The largest absolute Gasteiger partial charge is 0.459 e. The third kappa shape index (κ3) is 3.07. The summed E-state index contributed by atoms with van der Waals surface area (Å²) in [5.74, 6) is -0.00142. The second kappa shape index (κ2) is 6.11. The molecule has 22 heavy (non-hydrogen) atoms. The molecule has 1 amide bonds. The number of nitrogens with one attached hydrogen (secondary N) is 1. The minimum atomic E-state index is -0.281. The van der Waals surface area contributed by atoms with E-state index in [1.54, 1.807) is 18.2 Å². The first-order chi connectivity index (χ1) is 10.6. The second-order valence-electron chi connectivity index (χ2n) is 5.50. The number of furan rings is 1. The smallest absolute Gasteiger partial charge is 0.291 e. The molecule has 3 N–H and O–H groups in total. The third-order valence-corrected chi connectivity index (χ3v) is 3.87. The molecule has 2 heterocycles. The maximum absolute atomic E-state index is 11.9. The fraction of sp³-hybridized carbons (Fsp3) is 0.312. The SMILES string of the molecule is CN1CCN(c2ccc(NC(=O)c3ccco3)cc2N)CC1. The average molecular weight is 300 g/mol. The molecule has 1 aromatic heterocycles. The monoisotopic (exact) mass is 300 g/mol. The molecular formula is C16H20N4O2. The van der Waals surface area contributed by atoms with Crippen LogP contribution in [0.4, 0.5) is 17.1 Å². The van der Waals surface area contributed by atoms with Crippen LogP contribution < -0.4 is 16.0 Å². The van der Waals surface area contributed by atoms with E-state index in [9.17, 15) is 4.79 Å². The van der Waals surface area contributed by atoms with Gasteiger partial charge in [0.1, 0.15) is 0 Å². The van der Waals surface area contributed by atoms with Gasteiger partial charge in [0, 0.05) is 31.9 Å². The van der Waals surface area contributed by atoms with Crippen LogP contribution >= 0.6 is 0 Å². The molecule has 3 rings (SSSR count). The molecule has 0 bridgehead atoms. The molecule has 0 saturated carbocycles. The van der Waals surface area contributed by atoms with Crippen molar-refractivity contribution in [3.05, 3.63) is 42.4 Å². The fourth-order valence-corrected chi connectivity index (χ4v) is 2.57. The van der Waals surface area contributed by atoms with E-state index in [-0.39, 0.29) is 11.7 Å². The molecule has 0 spiro atoms. The van der Waals surface area contributed by atoms with Gasteiger partial charge >= 0.3 is 0 Å². The number of nitrogens with two attached hydrogens (primary N) is 1. The second-order valence-corrected chi connectivity index (χ2v) is 5.50. The molecule has 0 atom stereocenters. The minimum absolute atomic E-state index is 0.279. The van der Waals surface area contributed by atoms with Crippen molar-refractivity contribution in [2.75, 3.05) is 49.2 Å². The highest BCUT2D eigenvalue weighted by molar-refractivity contribution is 6.02. The van der Waals surface area contributed by atoms with Gasteiger partial charge in [-0.15, -0.1) is 0 Å². The summed E-state index contributed by atoms with van der Waals surface area (Å²) in [6.07, 6.45) is 1.47. The maximum atomic E-state index is 11.9. The number of rotatable bonds is 3. The van der Waals surface area contributed by atoms with Gasteiger partial charge in [0.2, 0.25) is 0 Å². The van der Waals surface area contributed by atoms with Crippen molar-refractivity contribution in [1.82, 2.24) is 4.90 Å². The molecule has 1 fully saturated rings. The van der Waals surface area contributed by atoms with Gasteiger partial charge in [0.25, 0.3) is 5.91 Å². The van der Waals surface area contributed by atoms with Crippen molar-refractivity contribution in [2.45, 2.75) is 0 Å². The minimum Gasteiger partial charge on any atom is -0.459 e. The number of carbonyl (C=O) groups excluding carboxylic acids is 1. The van der Waals surface area contributed by atoms with Crippen molar-refractivity contribution in [3.63, 3.8) is 0 Å². The van der Waals surface area contributed by atoms with Crippen LogP contribution in [0.5, 0.6) is 0 Å². The summed E-state index contributed by atoms with van der Waals surface area (Å²) in [6, 6.07) is 8.91. The molecule has 1 aliphatic heterocycles. The van der Waals surface area contributed by atoms with Crippen LogP contribution in [0.25, 0.3) is 0 Å². The van der Waals surface area contributed by atoms with Crippen LogP contribution in [0.3, 0.4) is 0 Å². The van der Waals surface area contributed by atoms with Crippen molar-refractivity contribution >= 4 is 23.0 Å². The number of hydrogen-bond donors (Lipinski definition) is 2. The summed E-state index contributed by atoms with van der Waals surface area (Å²) in [5, 5.41) is 2.78. The van der Waals surface area contributed by atoms with Gasteiger partial charge in [-0.05, 0) is 37.4 Å². The van der Waals surface area contributed by atoms with E-state index in [4.69, 9.17) is 10.2 Å². The van der Waals surface area contributed by atoms with Gasteiger partial charge in [-0.1, -0.05) is 0 Å². The number of hydrogen-bond acceptors (Lipinski definition) is 5. The first-order valence-corrected chi connectivity index (χ1v) is 7.31. The van der Waals surface area contributed by atoms with E-state index in [2.05, 4.69) is 22.2 Å². The number of anilines is 3. The molecule has 2 aromatic rings. The van der Waals surface area contributed by atoms with Crippen LogP contribution in [0, 0.1) is 0 Å². The van der Waals surface area contributed by atoms with Crippen LogP contribution in [0.2, 0.25) is 0 Å². The highest BCUT2D eigenvalue weighted by Crippen LogP contribution is 2.27. The normalized spacial score (nSPS) is 15.8. The van der Waals surface area contributed by atoms with E-state index in [0.29, 0.717) is 11.4 Å². The fourth-order valence-electron chi connectivity index (χ4n) is 2.57. The van der Waals surface area contributed by atoms with Gasteiger partial charge in [0.05, 0.1) is 17.6 Å². The molecule has 1 saturated heterocycles. The predicted molar refractivity (Wildman–Crippen MR) is 87.2 cm³/mol. The Morgan fingerprint density at radius 1 is 1.23 bits per heavy atom. The Bertz CT molecular complexity index is 646. The lowest BCUT2D eigenvalue weighted by Gasteiger charge is -2.34. The maximum Gasteiger partial charge on any atom is 0.291 e. The van der Waals surface area contributed by atoms with E-state index in [1.165, 1.54) is 6.26 Å². The Balaban J connectivity index is 1.71. The van der Waals surface area contributed by atoms with Crippen molar-refractivity contribution < 1.29 is 9.21 Å². The number of likely N-dealkylation sites (N-methyl/N-ethyl adjacent to an activating group) is 1. The van der Waals surface area contributed by atoms with Gasteiger partial charge in [-0.25, -0.2) is 0 Å². The van der Waals surface area contributed by atoms with E-state index >= 15 is 0 Å². The Morgan fingerprint density at radius 2 is 2.00 bits per heavy atom. The third-order valence-electron chi connectivity index (χ3n) is 3.87. The number of nitrogens with zero attached hydrogens (tertiary/aromatic N) is 2. The van der Waals surface area contributed by atoms with Crippen molar-refractivity contribution in [3.8, 4) is 0 Å². The Labute approximate surface area is 129 Å². The summed E-state index contributed by atoms with van der Waals surface area (Å²) in [7, 11) is 2.12. The molecule has 6 heteroatoms. The zero-order valence-electron chi connectivity index (χ0n) is 12.6. The van der Waals surface area contributed by atoms with Gasteiger partial charge in [-0.2, -0.15) is 0 Å². The van der Waals surface area contributed by atoms with E-state index in [0.717, 1.165) is 31.9 Å². The molecule has 1 aromatic carbocycles. The lowest BCUT2D eigenvalue weighted by molar-refractivity contribution is 0.0996. The summed E-state index contributed by atoms with van der Waals surface area (Å²) in [5.41, 5.74) is 8.50. The summed E-state index contributed by atoms with van der Waals surface area (Å²) in [4.78, 5) is 16.5. The molecule has 0 radical (unpaired) electrons. The number of nitrogen functional groups attached to an aromatic ring is 1. The van der Waals surface area contributed by atoms with Gasteiger partial charge in [0.15, 0.2) is 5.76 Å². The number of piperazine rings is 1. The Morgan fingerprint density at radius 3 is 2.64 bits per heavy atom. The van der Waals surface area contributed by atoms with E-state index in [1.807, 2.05) is 12.1 Å². The first-order valence-electron chi connectivity index (χ1n) is 7.31. The average Bonchev–Trinajstić information content (AvgIpc) is 3.03. The highest BCUT2D eigenvalue weighted by Gasteiger charge is 2.17. The summed E-state index contributed by atoms with van der Waals surface area (Å²) >= 11 is 0. The van der Waals surface area contributed by atoms with Crippen LogP contribution in [0.1, 0.15) is 10.6 Å². The summed E-state index contributed by atoms with van der Waals surface area (Å²) < 4.78 is 5.07. The lowest BCUT2D eigenvalue weighted by atomic mass is 10.2. The Kier molecular flexibility index (Phi) is 4.02. The van der Waals surface area contributed by atoms with Gasteiger partial charge < -0.3 is 25.3 Å². The molecule has 0 unspecified atom stereocenters. The highest BCUT2D eigenvalue weighted by atomic mass is 16.3. The number of carbonyl (C=O) groups is 1. The first kappa shape index (κ1) is 14.5. The Hall–Kier alpha value is -2.47. The molecule has 1 aliphatic rings. The topological polar surface area (TPSA) is 74.7 Å². The van der Waals surface area contributed by atoms with Gasteiger partial charge in [-0.3, -0.25) is 4.79 Å². The van der Waals surface area contributed by atoms with Crippen molar-refractivity contribution in [1.29, 1.82) is 0 Å². The molecule has 6 nitrogen and oxygen atoms in total. The number of amides is 1. The van der Waals surface area contributed by atoms with Crippen molar-refractivity contribution in [2.24, 2.45) is 0 Å². The summed E-state index contributed by atoms with van der Waals surface area (Å²) in [6.45, 7) is 3.96. The zero-order valence-corrected chi connectivity index (χ0v) is 12.6. The predicted octanol–water partition coefficient (Wildman–Crippen LogP) is 1.87. The van der Waals surface area contributed by atoms with Crippen LogP contribution in [-0.4, -0.2) is 44.0 Å². The quantitative estimate of drug-likeness (QED) is 0.846. The standard InChI is InChI=1S/C16H20N4O2/c1-19-6-8-20(9-7-19)14-5-4-12(11-13(14)17)18-16(21)15-3-2-10-22-15/h2-5,10-11H,6-9,17H2,1H3,(H,18,21). The zero-order chi connectivity index (χ0) is 15.5.